The second kappa shape index (κ2) is 7.31. The van der Waals surface area contributed by atoms with Crippen LogP contribution in [0, 0.1) is 0 Å². The molecule has 1 aliphatic rings. The minimum Gasteiger partial charge on any atom is -0.480 e. The number of hydrogen-bond donors (Lipinski definition) is 1. The molecule has 0 atom stereocenters. The van der Waals surface area contributed by atoms with Crippen LogP contribution >= 0.6 is 0 Å². The van der Waals surface area contributed by atoms with Crippen LogP contribution < -0.4 is 15.0 Å². The van der Waals surface area contributed by atoms with E-state index in [9.17, 15) is 4.79 Å². The monoisotopic (exact) mass is 326 g/mol. The summed E-state index contributed by atoms with van der Waals surface area (Å²) in [6.45, 7) is 4.18. The number of pyridine rings is 1. The molecule has 6 nitrogen and oxygen atoms in total. The summed E-state index contributed by atoms with van der Waals surface area (Å²) in [5.74, 6) is 0.0938. The van der Waals surface area contributed by atoms with E-state index in [0.717, 1.165) is 31.9 Å². The Bertz CT molecular complexity index is 694. The predicted molar refractivity (Wildman–Crippen MR) is 94.9 cm³/mol. The Hall–Kier alpha value is -2.60. The van der Waals surface area contributed by atoms with Crippen LogP contribution in [0.25, 0.3) is 0 Å². The van der Waals surface area contributed by atoms with Crippen LogP contribution in [0.5, 0.6) is 5.88 Å². The van der Waals surface area contributed by atoms with E-state index >= 15 is 0 Å². The Morgan fingerprint density at radius 3 is 2.50 bits per heavy atom. The molecule has 2 heterocycles. The highest BCUT2D eigenvalue weighted by atomic mass is 16.5. The summed E-state index contributed by atoms with van der Waals surface area (Å²) in [5.41, 5.74) is 2.35. The van der Waals surface area contributed by atoms with Gasteiger partial charge in [-0.25, -0.2) is 4.98 Å². The largest absolute Gasteiger partial charge is 0.480 e. The number of methoxy groups -OCH3 is 1. The van der Waals surface area contributed by atoms with E-state index in [1.54, 1.807) is 18.3 Å². The van der Waals surface area contributed by atoms with Crippen molar-refractivity contribution in [3.05, 3.63) is 48.2 Å². The summed E-state index contributed by atoms with van der Waals surface area (Å²) in [6, 6.07) is 11.3. The van der Waals surface area contributed by atoms with Crippen LogP contribution in [-0.2, 0) is 0 Å². The van der Waals surface area contributed by atoms with Gasteiger partial charge in [0.1, 0.15) is 5.56 Å². The number of carbonyl (C=O) groups excluding carboxylic acids is 1. The summed E-state index contributed by atoms with van der Waals surface area (Å²) in [4.78, 5) is 21.1. The fourth-order valence-corrected chi connectivity index (χ4v) is 2.74. The van der Waals surface area contributed by atoms with Crippen molar-refractivity contribution in [2.24, 2.45) is 0 Å². The number of likely N-dealkylation sites (N-methyl/N-ethyl adjacent to an activating group) is 1. The number of benzene rings is 1. The molecule has 2 aromatic rings. The van der Waals surface area contributed by atoms with Gasteiger partial charge in [0, 0.05) is 43.8 Å². The SMILES string of the molecule is COc1ncccc1C(=O)Nc1ccc(N2CCN(C)CC2)cc1. The Morgan fingerprint density at radius 2 is 1.83 bits per heavy atom. The minimum absolute atomic E-state index is 0.229. The maximum absolute atomic E-state index is 12.4. The lowest BCUT2D eigenvalue weighted by atomic mass is 10.2. The van der Waals surface area contributed by atoms with Gasteiger partial charge in [0.05, 0.1) is 7.11 Å². The zero-order valence-corrected chi connectivity index (χ0v) is 14.0. The van der Waals surface area contributed by atoms with E-state index in [4.69, 9.17) is 4.74 Å². The number of piperazine rings is 1. The fourth-order valence-electron chi connectivity index (χ4n) is 2.74. The summed E-state index contributed by atoms with van der Waals surface area (Å²) < 4.78 is 5.13. The first-order valence-electron chi connectivity index (χ1n) is 8.01. The number of carbonyl (C=O) groups is 1. The van der Waals surface area contributed by atoms with Crippen LogP contribution in [-0.4, -0.2) is 56.1 Å². The molecule has 1 aromatic heterocycles. The second-order valence-electron chi connectivity index (χ2n) is 5.85. The molecule has 0 spiro atoms. The Balaban J connectivity index is 1.67. The van der Waals surface area contributed by atoms with Crippen molar-refractivity contribution in [3.8, 4) is 5.88 Å². The molecule has 6 heteroatoms. The third kappa shape index (κ3) is 3.65. The third-order valence-corrected chi connectivity index (χ3v) is 4.20. The van der Waals surface area contributed by atoms with Gasteiger partial charge in [-0.15, -0.1) is 0 Å². The molecule has 1 fully saturated rings. The molecule has 1 saturated heterocycles. The minimum atomic E-state index is -0.229. The van der Waals surface area contributed by atoms with Gasteiger partial charge in [-0.3, -0.25) is 4.79 Å². The topological polar surface area (TPSA) is 57.7 Å². The lowest BCUT2D eigenvalue weighted by Gasteiger charge is -2.34. The van der Waals surface area contributed by atoms with Crippen LogP contribution in [0.1, 0.15) is 10.4 Å². The standard InChI is InChI=1S/C18H22N4O2/c1-21-10-12-22(13-11-21)15-7-5-14(6-8-15)20-17(23)16-4-3-9-19-18(16)24-2/h3-9H,10-13H2,1-2H3,(H,20,23). The quantitative estimate of drug-likeness (QED) is 0.932. The van der Waals surface area contributed by atoms with E-state index in [0.29, 0.717) is 11.4 Å². The molecule has 3 rings (SSSR count). The maximum Gasteiger partial charge on any atom is 0.261 e. The zero-order valence-electron chi connectivity index (χ0n) is 14.0. The Labute approximate surface area is 142 Å². The number of nitrogens with one attached hydrogen (secondary N) is 1. The van der Waals surface area contributed by atoms with Gasteiger partial charge < -0.3 is 19.9 Å². The van der Waals surface area contributed by atoms with Crippen LogP contribution in [0.3, 0.4) is 0 Å². The molecule has 0 bridgehead atoms. The lowest BCUT2D eigenvalue weighted by Crippen LogP contribution is -2.44. The highest BCUT2D eigenvalue weighted by Gasteiger charge is 2.15. The summed E-state index contributed by atoms with van der Waals surface area (Å²) in [6.07, 6.45) is 1.60. The molecule has 0 unspecified atom stereocenters. The smallest absolute Gasteiger partial charge is 0.261 e. The number of ether oxygens (including phenoxy) is 1. The molecule has 1 N–H and O–H groups in total. The number of nitrogens with zero attached hydrogens (tertiary/aromatic N) is 3. The molecule has 1 aromatic carbocycles. The molecule has 0 saturated carbocycles. The Kier molecular flexibility index (Phi) is 4.96. The van der Waals surface area contributed by atoms with Gasteiger partial charge >= 0.3 is 0 Å². The molecular formula is C18H22N4O2. The molecule has 24 heavy (non-hydrogen) atoms. The number of hydrogen-bond acceptors (Lipinski definition) is 5. The van der Waals surface area contributed by atoms with E-state index < -0.39 is 0 Å². The average Bonchev–Trinajstić information content (AvgIpc) is 2.63. The van der Waals surface area contributed by atoms with Crippen LogP contribution in [0.15, 0.2) is 42.6 Å². The summed E-state index contributed by atoms with van der Waals surface area (Å²) in [7, 11) is 3.65. The molecule has 0 radical (unpaired) electrons. The lowest BCUT2D eigenvalue weighted by molar-refractivity contribution is 0.102. The van der Waals surface area contributed by atoms with Crippen molar-refractivity contribution in [1.29, 1.82) is 0 Å². The maximum atomic E-state index is 12.4. The number of amides is 1. The van der Waals surface area contributed by atoms with Crippen molar-refractivity contribution in [2.75, 3.05) is 50.6 Å². The van der Waals surface area contributed by atoms with Crippen molar-refractivity contribution in [1.82, 2.24) is 9.88 Å². The normalized spacial score (nSPS) is 15.2. The van der Waals surface area contributed by atoms with E-state index in [1.807, 2.05) is 24.3 Å². The van der Waals surface area contributed by atoms with Crippen LogP contribution in [0.2, 0.25) is 0 Å². The molecule has 1 amide bonds. The van der Waals surface area contributed by atoms with Crippen molar-refractivity contribution >= 4 is 17.3 Å². The van der Waals surface area contributed by atoms with E-state index in [1.165, 1.54) is 12.8 Å². The first-order valence-corrected chi connectivity index (χ1v) is 8.01. The second-order valence-corrected chi connectivity index (χ2v) is 5.85. The number of anilines is 2. The third-order valence-electron chi connectivity index (χ3n) is 4.20. The molecule has 0 aliphatic carbocycles. The first-order chi connectivity index (χ1) is 11.7. The molecular weight excluding hydrogens is 304 g/mol. The van der Waals surface area contributed by atoms with Gasteiger partial charge in [-0.05, 0) is 43.4 Å². The summed E-state index contributed by atoms with van der Waals surface area (Å²) in [5, 5.41) is 2.88. The average molecular weight is 326 g/mol. The van der Waals surface area contributed by atoms with Gasteiger partial charge in [0.15, 0.2) is 0 Å². The fraction of sp³-hybridized carbons (Fsp3) is 0.333. The molecule has 1 aliphatic heterocycles. The van der Waals surface area contributed by atoms with Crippen LogP contribution in [0.4, 0.5) is 11.4 Å². The van der Waals surface area contributed by atoms with Crippen molar-refractivity contribution in [3.63, 3.8) is 0 Å². The van der Waals surface area contributed by atoms with Gasteiger partial charge in [-0.2, -0.15) is 0 Å². The highest BCUT2D eigenvalue weighted by molar-refractivity contribution is 6.05. The van der Waals surface area contributed by atoms with Gasteiger partial charge in [0.25, 0.3) is 5.91 Å². The predicted octanol–water partition coefficient (Wildman–Crippen LogP) is 2.09. The molecule has 126 valence electrons. The number of aromatic nitrogens is 1. The highest BCUT2D eigenvalue weighted by Crippen LogP contribution is 2.21. The van der Waals surface area contributed by atoms with Crippen molar-refractivity contribution in [2.45, 2.75) is 0 Å². The van der Waals surface area contributed by atoms with Gasteiger partial charge in [0.2, 0.25) is 5.88 Å². The van der Waals surface area contributed by atoms with Gasteiger partial charge in [-0.1, -0.05) is 0 Å². The van der Waals surface area contributed by atoms with Crippen molar-refractivity contribution < 1.29 is 9.53 Å². The van der Waals surface area contributed by atoms with E-state index in [-0.39, 0.29) is 5.91 Å². The number of rotatable bonds is 4. The Morgan fingerprint density at radius 1 is 1.12 bits per heavy atom. The zero-order chi connectivity index (χ0) is 16.9. The summed E-state index contributed by atoms with van der Waals surface area (Å²) >= 11 is 0. The van der Waals surface area contributed by atoms with E-state index in [2.05, 4.69) is 27.1 Å². The first kappa shape index (κ1) is 16.3.